The molecule has 0 bridgehead atoms. The van der Waals surface area contributed by atoms with E-state index in [1.165, 1.54) is 44.7 Å². The van der Waals surface area contributed by atoms with E-state index in [4.69, 9.17) is 0 Å². The molecule has 1 aliphatic rings. The predicted molar refractivity (Wildman–Crippen MR) is 152 cm³/mol. The van der Waals surface area contributed by atoms with Gasteiger partial charge < -0.3 is 4.90 Å². The van der Waals surface area contributed by atoms with Crippen LogP contribution >= 0.6 is 0 Å². The number of nitrogens with zero attached hydrogens (tertiary/aromatic N) is 1. The fraction of sp³-hybridized carbons (Fsp3) is 0.176. The third-order valence-electron chi connectivity index (χ3n) is 7.27. The standard InChI is InChI=1S/C34H33N/c1-6-10-32-25(3)31-22-21-30(23-33(31)34(32,4)5)35(28-11-8-7-9-12-28)29-19-17-27(18-20-29)26-15-13-24(2)14-16-26/h6-23H,1-5H3/b10-6-. The highest BCUT2D eigenvalue weighted by atomic mass is 15.1. The number of rotatable bonds is 5. The summed E-state index contributed by atoms with van der Waals surface area (Å²) in [7, 11) is 0. The van der Waals surface area contributed by atoms with Crippen molar-refractivity contribution < 1.29 is 0 Å². The zero-order valence-corrected chi connectivity index (χ0v) is 21.3. The Morgan fingerprint density at radius 1 is 0.657 bits per heavy atom. The van der Waals surface area contributed by atoms with Crippen LogP contribution in [0.3, 0.4) is 0 Å². The highest BCUT2D eigenvalue weighted by Gasteiger charge is 2.35. The summed E-state index contributed by atoms with van der Waals surface area (Å²) in [6, 6.07) is 35.2. The van der Waals surface area contributed by atoms with E-state index in [0.29, 0.717) is 0 Å². The fourth-order valence-electron chi connectivity index (χ4n) is 5.35. The van der Waals surface area contributed by atoms with Crippen molar-refractivity contribution in [2.75, 3.05) is 4.90 Å². The van der Waals surface area contributed by atoms with Crippen molar-refractivity contribution in [3.8, 4) is 11.1 Å². The van der Waals surface area contributed by atoms with Crippen LogP contribution in [0.25, 0.3) is 16.7 Å². The molecular formula is C34H33N. The molecule has 0 aromatic heterocycles. The van der Waals surface area contributed by atoms with Crippen molar-refractivity contribution in [2.45, 2.75) is 40.0 Å². The molecule has 0 radical (unpaired) electrons. The molecule has 4 aromatic rings. The minimum Gasteiger partial charge on any atom is -0.310 e. The van der Waals surface area contributed by atoms with Gasteiger partial charge in [-0.2, -0.15) is 0 Å². The lowest BCUT2D eigenvalue weighted by Gasteiger charge is -2.28. The summed E-state index contributed by atoms with van der Waals surface area (Å²) in [5, 5.41) is 0. The average Bonchev–Trinajstić information content (AvgIpc) is 3.06. The van der Waals surface area contributed by atoms with Gasteiger partial charge in [-0.05, 0) is 90.6 Å². The van der Waals surface area contributed by atoms with Crippen LogP contribution in [0.1, 0.15) is 44.4 Å². The molecular weight excluding hydrogens is 422 g/mol. The lowest BCUT2D eigenvalue weighted by atomic mass is 9.81. The van der Waals surface area contributed by atoms with Crippen LogP contribution in [-0.2, 0) is 5.41 Å². The minimum atomic E-state index is -0.0282. The van der Waals surface area contributed by atoms with E-state index in [0.717, 1.165) is 11.4 Å². The maximum Gasteiger partial charge on any atom is 0.0465 e. The van der Waals surface area contributed by atoms with Gasteiger partial charge in [-0.3, -0.25) is 0 Å². The van der Waals surface area contributed by atoms with Gasteiger partial charge in [0.05, 0.1) is 0 Å². The van der Waals surface area contributed by atoms with Crippen molar-refractivity contribution in [3.05, 3.63) is 131 Å². The molecule has 0 saturated carbocycles. The maximum atomic E-state index is 2.39. The number of benzene rings is 4. The van der Waals surface area contributed by atoms with Crippen LogP contribution < -0.4 is 4.90 Å². The van der Waals surface area contributed by atoms with E-state index in [9.17, 15) is 0 Å². The smallest absolute Gasteiger partial charge is 0.0465 e. The second-order valence-corrected chi connectivity index (χ2v) is 9.98. The molecule has 0 amide bonds. The minimum absolute atomic E-state index is 0.0282. The first-order valence-corrected chi connectivity index (χ1v) is 12.4. The Morgan fingerprint density at radius 2 is 1.23 bits per heavy atom. The Bertz CT molecular complexity index is 1400. The van der Waals surface area contributed by atoms with E-state index in [2.05, 4.69) is 149 Å². The normalized spacial score (nSPS) is 14.4. The summed E-state index contributed by atoms with van der Waals surface area (Å²) in [6.07, 6.45) is 4.42. The summed E-state index contributed by atoms with van der Waals surface area (Å²) >= 11 is 0. The number of fused-ring (bicyclic) bond motifs is 1. The number of hydrogen-bond acceptors (Lipinski definition) is 1. The lowest BCUT2D eigenvalue weighted by Crippen LogP contribution is -2.17. The topological polar surface area (TPSA) is 3.24 Å². The fourth-order valence-corrected chi connectivity index (χ4v) is 5.35. The van der Waals surface area contributed by atoms with Gasteiger partial charge in [-0.25, -0.2) is 0 Å². The number of aryl methyl sites for hydroxylation is 1. The van der Waals surface area contributed by atoms with E-state index < -0.39 is 0 Å². The van der Waals surface area contributed by atoms with Gasteiger partial charge in [0.15, 0.2) is 0 Å². The summed E-state index contributed by atoms with van der Waals surface area (Å²) in [6.45, 7) is 11.2. The monoisotopic (exact) mass is 455 g/mol. The van der Waals surface area contributed by atoms with E-state index in [1.54, 1.807) is 0 Å². The summed E-state index contributed by atoms with van der Waals surface area (Å²) in [5.74, 6) is 0. The Kier molecular flexibility index (Phi) is 5.94. The van der Waals surface area contributed by atoms with Gasteiger partial charge in [0.25, 0.3) is 0 Å². The molecule has 0 unspecified atom stereocenters. The zero-order chi connectivity index (χ0) is 24.6. The molecule has 0 N–H and O–H groups in total. The van der Waals surface area contributed by atoms with E-state index in [1.807, 2.05) is 0 Å². The van der Waals surface area contributed by atoms with Crippen LogP contribution in [0.5, 0.6) is 0 Å². The summed E-state index contributed by atoms with van der Waals surface area (Å²) in [5.41, 5.74) is 12.7. The van der Waals surface area contributed by atoms with Crippen LogP contribution in [0.4, 0.5) is 17.1 Å². The van der Waals surface area contributed by atoms with E-state index >= 15 is 0 Å². The Hall–Kier alpha value is -3.84. The molecule has 1 aliphatic carbocycles. The predicted octanol–water partition coefficient (Wildman–Crippen LogP) is 9.77. The molecule has 0 heterocycles. The third-order valence-corrected chi connectivity index (χ3v) is 7.27. The first kappa shape index (κ1) is 22.9. The quantitative estimate of drug-likeness (QED) is 0.289. The first-order chi connectivity index (χ1) is 16.9. The molecule has 0 aliphatic heterocycles. The summed E-state index contributed by atoms with van der Waals surface area (Å²) < 4.78 is 0. The molecule has 174 valence electrons. The second kappa shape index (κ2) is 9.07. The highest BCUT2D eigenvalue weighted by molar-refractivity contribution is 5.85. The Morgan fingerprint density at radius 3 is 1.86 bits per heavy atom. The Labute approximate surface area is 210 Å². The number of anilines is 3. The van der Waals surface area contributed by atoms with Crippen LogP contribution in [0.15, 0.2) is 115 Å². The van der Waals surface area contributed by atoms with Crippen molar-refractivity contribution in [3.63, 3.8) is 0 Å². The average molecular weight is 456 g/mol. The molecule has 1 heteroatoms. The maximum absolute atomic E-state index is 2.39. The molecule has 1 nitrogen and oxygen atoms in total. The number of para-hydroxylation sites is 1. The van der Waals surface area contributed by atoms with Gasteiger partial charge in [-0.1, -0.05) is 92.2 Å². The molecule has 5 rings (SSSR count). The van der Waals surface area contributed by atoms with Crippen molar-refractivity contribution >= 4 is 22.6 Å². The van der Waals surface area contributed by atoms with Gasteiger partial charge in [0.2, 0.25) is 0 Å². The largest absolute Gasteiger partial charge is 0.310 e. The first-order valence-electron chi connectivity index (χ1n) is 12.4. The Balaban J connectivity index is 1.59. The van der Waals surface area contributed by atoms with Gasteiger partial charge in [-0.15, -0.1) is 0 Å². The molecule has 4 aromatic carbocycles. The number of hydrogen-bond donors (Lipinski definition) is 0. The second-order valence-electron chi connectivity index (χ2n) is 9.98. The molecule has 0 spiro atoms. The lowest BCUT2D eigenvalue weighted by molar-refractivity contribution is 0.654. The van der Waals surface area contributed by atoms with Gasteiger partial charge in [0, 0.05) is 22.5 Å². The van der Waals surface area contributed by atoms with Crippen LogP contribution in [0, 0.1) is 6.92 Å². The zero-order valence-electron chi connectivity index (χ0n) is 21.3. The summed E-state index contributed by atoms with van der Waals surface area (Å²) in [4.78, 5) is 2.36. The van der Waals surface area contributed by atoms with Crippen molar-refractivity contribution in [1.29, 1.82) is 0 Å². The number of allylic oxidation sites excluding steroid dienone is 4. The molecule has 0 saturated heterocycles. The van der Waals surface area contributed by atoms with Crippen molar-refractivity contribution in [1.82, 2.24) is 0 Å². The third kappa shape index (κ3) is 4.12. The molecule has 0 fully saturated rings. The van der Waals surface area contributed by atoms with Crippen molar-refractivity contribution in [2.24, 2.45) is 0 Å². The molecule has 35 heavy (non-hydrogen) atoms. The van der Waals surface area contributed by atoms with Crippen LogP contribution in [-0.4, -0.2) is 0 Å². The van der Waals surface area contributed by atoms with Gasteiger partial charge in [0.1, 0.15) is 0 Å². The van der Waals surface area contributed by atoms with Crippen LogP contribution in [0.2, 0.25) is 0 Å². The molecule has 0 atom stereocenters. The SMILES string of the molecule is C/C=C\C1=C(C)c2ccc(N(c3ccccc3)c3ccc(-c4ccc(C)cc4)cc3)cc2C1(C)C. The highest BCUT2D eigenvalue weighted by Crippen LogP contribution is 2.49. The van der Waals surface area contributed by atoms with Gasteiger partial charge >= 0.3 is 0 Å². The van der Waals surface area contributed by atoms with E-state index in [-0.39, 0.29) is 5.41 Å².